The predicted octanol–water partition coefficient (Wildman–Crippen LogP) is 2.26. The molecule has 0 atom stereocenters. The Hall–Kier alpha value is -1.81. The van der Waals surface area contributed by atoms with E-state index in [0.29, 0.717) is 0 Å². The highest BCUT2D eigenvalue weighted by Crippen LogP contribution is 2.20. The highest BCUT2D eigenvalue weighted by Gasteiger charge is 2.12. The Morgan fingerprint density at radius 1 is 1.21 bits per heavy atom. The summed E-state index contributed by atoms with van der Waals surface area (Å²) in [5.41, 5.74) is 4.70. The number of aromatic nitrogens is 2. The lowest BCUT2D eigenvalue weighted by Crippen LogP contribution is -2.11. The molecule has 0 aliphatic heterocycles. The molecule has 4 heteroatoms. The number of hydrogen-bond acceptors (Lipinski definition) is 3. The molecular formula is C15H21N3O. The second-order valence-electron chi connectivity index (χ2n) is 4.61. The summed E-state index contributed by atoms with van der Waals surface area (Å²) in [6.07, 6.45) is 1.00. The second-order valence-corrected chi connectivity index (χ2v) is 4.61. The lowest BCUT2D eigenvalue weighted by molar-refractivity contribution is 0.414. The number of likely N-dealkylation sites (N-methyl/N-ethyl adjacent to an activating group) is 1. The van der Waals surface area contributed by atoms with E-state index in [9.17, 15) is 0 Å². The van der Waals surface area contributed by atoms with E-state index in [4.69, 9.17) is 4.74 Å². The van der Waals surface area contributed by atoms with Crippen LogP contribution in [0.5, 0.6) is 5.75 Å². The third-order valence-corrected chi connectivity index (χ3v) is 3.38. The van der Waals surface area contributed by atoms with Crippen molar-refractivity contribution in [2.45, 2.75) is 20.3 Å². The molecule has 19 heavy (non-hydrogen) atoms. The molecule has 0 saturated carbocycles. The summed E-state index contributed by atoms with van der Waals surface area (Å²) in [5, 5.41) is 7.82. The monoisotopic (exact) mass is 259 g/mol. The van der Waals surface area contributed by atoms with Crippen LogP contribution in [-0.4, -0.2) is 30.5 Å². The normalized spacial score (nSPS) is 10.7. The highest BCUT2D eigenvalue weighted by atomic mass is 16.5. The Morgan fingerprint density at radius 2 is 1.89 bits per heavy atom. The Balaban J connectivity index is 2.33. The number of nitrogens with one attached hydrogen (secondary N) is 1. The van der Waals surface area contributed by atoms with E-state index in [1.54, 1.807) is 7.11 Å². The first-order valence-electron chi connectivity index (χ1n) is 6.51. The number of nitrogens with zero attached hydrogens (tertiary/aromatic N) is 2. The zero-order chi connectivity index (χ0) is 13.8. The molecule has 0 unspecified atom stereocenters. The second kappa shape index (κ2) is 5.89. The van der Waals surface area contributed by atoms with Crippen LogP contribution in [0.3, 0.4) is 0 Å². The Labute approximate surface area is 114 Å². The van der Waals surface area contributed by atoms with Crippen LogP contribution >= 0.6 is 0 Å². The summed E-state index contributed by atoms with van der Waals surface area (Å²) in [4.78, 5) is 0. The van der Waals surface area contributed by atoms with Crippen molar-refractivity contribution >= 4 is 0 Å². The predicted molar refractivity (Wildman–Crippen MR) is 77.2 cm³/mol. The van der Waals surface area contributed by atoms with Gasteiger partial charge in [-0.2, -0.15) is 5.10 Å². The van der Waals surface area contributed by atoms with Gasteiger partial charge in [-0.05, 0) is 63.7 Å². The van der Waals surface area contributed by atoms with Gasteiger partial charge >= 0.3 is 0 Å². The number of rotatable bonds is 5. The van der Waals surface area contributed by atoms with E-state index in [1.165, 1.54) is 11.3 Å². The molecule has 0 aliphatic rings. The number of benzene rings is 1. The number of hydrogen-bond donors (Lipinski definition) is 1. The fraction of sp³-hybridized carbons (Fsp3) is 0.400. The van der Waals surface area contributed by atoms with Crippen molar-refractivity contribution in [3.8, 4) is 11.4 Å². The van der Waals surface area contributed by atoms with E-state index in [1.807, 2.05) is 36.0 Å². The maximum Gasteiger partial charge on any atom is 0.119 e. The fourth-order valence-electron chi connectivity index (χ4n) is 2.26. The van der Waals surface area contributed by atoms with Gasteiger partial charge in [-0.1, -0.05) is 0 Å². The van der Waals surface area contributed by atoms with Gasteiger partial charge < -0.3 is 10.1 Å². The molecule has 0 radical (unpaired) electrons. The third kappa shape index (κ3) is 2.79. The minimum absolute atomic E-state index is 0.862. The number of ether oxygens (including phenoxy) is 1. The number of methoxy groups -OCH3 is 1. The first kappa shape index (κ1) is 13.6. The van der Waals surface area contributed by atoms with Crippen molar-refractivity contribution in [3.63, 3.8) is 0 Å². The molecule has 1 N–H and O–H groups in total. The van der Waals surface area contributed by atoms with Gasteiger partial charge in [-0.25, -0.2) is 4.68 Å². The zero-order valence-corrected chi connectivity index (χ0v) is 12.0. The minimum atomic E-state index is 0.862. The molecule has 0 bridgehead atoms. The van der Waals surface area contributed by atoms with Crippen molar-refractivity contribution in [1.82, 2.24) is 15.1 Å². The largest absolute Gasteiger partial charge is 0.497 e. The maximum atomic E-state index is 5.18. The first-order chi connectivity index (χ1) is 9.17. The van der Waals surface area contributed by atoms with Crippen LogP contribution in [0.4, 0.5) is 0 Å². The molecule has 102 valence electrons. The van der Waals surface area contributed by atoms with Crippen LogP contribution in [0.15, 0.2) is 24.3 Å². The molecule has 0 spiro atoms. The summed E-state index contributed by atoms with van der Waals surface area (Å²) in [7, 11) is 3.65. The van der Waals surface area contributed by atoms with Gasteiger partial charge in [0.1, 0.15) is 5.75 Å². The summed E-state index contributed by atoms with van der Waals surface area (Å²) in [6, 6.07) is 7.97. The smallest absolute Gasteiger partial charge is 0.119 e. The topological polar surface area (TPSA) is 39.1 Å². The molecule has 2 aromatic rings. The quantitative estimate of drug-likeness (QED) is 0.895. The Bertz CT molecular complexity index is 543. The first-order valence-corrected chi connectivity index (χ1v) is 6.51. The van der Waals surface area contributed by atoms with Gasteiger partial charge in [0.05, 0.1) is 18.5 Å². The minimum Gasteiger partial charge on any atom is -0.497 e. The molecule has 0 amide bonds. The molecule has 1 heterocycles. The highest BCUT2D eigenvalue weighted by molar-refractivity contribution is 5.40. The molecule has 1 aromatic carbocycles. The maximum absolute atomic E-state index is 5.18. The summed E-state index contributed by atoms with van der Waals surface area (Å²) < 4.78 is 7.18. The van der Waals surface area contributed by atoms with Crippen molar-refractivity contribution in [2.75, 3.05) is 20.7 Å². The number of aryl methyl sites for hydroxylation is 1. The van der Waals surface area contributed by atoms with Crippen molar-refractivity contribution < 1.29 is 4.74 Å². The van der Waals surface area contributed by atoms with Gasteiger partial charge in [0.15, 0.2) is 0 Å². The van der Waals surface area contributed by atoms with Crippen molar-refractivity contribution in [1.29, 1.82) is 0 Å². The zero-order valence-electron chi connectivity index (χ0n) is 12.0. The van der Waals surface area contributed by atoms with Crippen LogP contribution in [0.2, 0.25) is 0 Å². The average Bonchev–Trinajstić information content (AvgIpc) is 2.72. The van der Waals surface area contributed by atoms with Crippen LogP contribution in [0.1, 0.15) is 17.0 Å². The third-order valence-electron chi connectivity index (χ3n) is 3.38. The summed E-state index contributed by atoms with van der Waals surface area (Å²) in [5.74, 6) is 0.862. The van der Waals surface area contributed by atoms with Gasteiger partial charge in [0.25, 0.3) is 0 Å². The Kier molecular flexibility index (Phi) is 4.22. The lowest BCUT2D eigenvalue weighted by Gasteiger charge is -2.06. The molecular weight excluding hydrogens is 238 g/mol. The van der Waals surface area contributed by atoms with E-state index in [-0.39, 0.29) is 0 Å². The summed E-state index contributed by atoms with van der Waals surface area (Å²) in [6.45, 7) is 5.16. The molecule has 0 saturated heterocycles. The van der Waals surface area contributed by atoms with E-state index >= 15 is 0 Å². The Morgan fingerprint density at radius 3 is 2.47 bits per heavy atom. The summed E-state index contributed by atoms with van der Waals surface area (Å²) >= 11 is 0. The van der Waals surface area contributed by atoms with Gasteiger partial charge in [-0.3, -0.25) is 0 Å². The molecule has 1 aromatic heterocycles. The van der Waals surface area contributed by atoms with Gasteiger partial charge in [0.2, 0.25) is 0 Å². The lowest BCUT2D eigenvalue weighted by atomic mass is 10.1. The standard InChI is InChI=1S/C15H21N3O/c1-11-15(9-10-16-3)12(2)18(17-11)13-5-7-14(19-4)8-6-13/h5-8,16H,9-10H2,1-4H3. The van der Waals surface area contributed by atoms with E-state index in [0.717, 1.165) is 30.1 Å². The molecule has 2 rings (SSSR count). The van der Waals surface area contributed by atoms with Gasteiger partial charge in [0, 0.05) is 5.69 Å². The van der Waals surface area contributed by atoms with E-state index < -0.39 is 0 Å². The van der Waals surface area contributed by atoms with Crippen LogP contribution in [-0.2, 0) is 6.42 Å². The molecule has 0 aliphatic carbocycles. The van der Waals surface area contributed by atoms with Crippen molar-refractivity contribution in [2.24, 2.45) is 0 Å². The van der Waals surface area contributed by atoms with Crippen LogP contribution < -0.4 is 10.1 Å². The van der Waals surface area contributed by atoms with Gasteiger partial charge in [-0.15, -0.1) is 0 Å². The SMILES string of the molecule is CNCCc1c(C)nn(-c2ccc(OC)cc2)c1C. The van der Waals surface area contributed by atoms with Crippen molar-refractivity contribution in [3.05, 3.63) is 41.2 Å². The van der Waals surface area contributed by atoms with Crippen LogP contribution in [0, 0.1) is 13.8 Å². The average molecular weight is 259 g/mol. The van der Waals surface area contributed by atoms with E-state index in [2.05, 4.69) is 24.3 Å². The molecule has 0 fully saturated rings. The molecule has 4 nitrogen and oxygen atoms in total. The van der Waals surface area contributed by atoms with Crippen LogP contribution in [0.25, 0.3) is 5.69 Å². The fourth-order valence-corrected chi connectivity index (χ4v) is 2.26.